The summed E-state index contributed by atoms with van der Waals surface area (Å²) in [5.74, 6) is 0. The van der Waals surface area contributed by atoms with Crippen LogP contribution in [0.25, 0.3) is 0 Å². The van der Waals surface area contributed by atoms with Crippen molar-refractivity contribution >= 4 is 28.8 Å². The van der Waals surface area contributed by atoms with Crippen molar-refractivity contribution in [3.05, 3.63) is 0 Å². The van der Waals surface area contributed by atoms with E-state index in [1.807, 2.05) is 0 Å². The number of nitrogens with zero attached hydrogens (tertiary/aromatic N) is 4. The molecule has 16 heavy (non-hydrogen) atoms. The van der Waals surface area contributed by atoms with Crippen LogP contribution in [-0.2, 0) is 0 Å². The summed E-state index contributed by atoms with van der Waals surface area (Å²) in [4.78, 5) is 0. The SMILES string of the molecule is CP1(C)=NP(C)(C)=NP(C)(C)=NP(C)(C)=N1. The molecule has 0 unspecified atom stereocenters. The normalized spacial score (nSPS) is 29.5. The molecule has 0 aromatic rings. The van der Waals surface area contributed by atoms with E-state index in [1.165, 1.54) is 0 Å². The lowest BCUT2D eigenvalue weighted by Crippen LogP contribution is -1.82. The van der Waals surface area contributed by atoms with E-state index < -0.39 is 28.8 Å². The molecule has 1 heterocycles. The van der Waals surface area contributed by atoms with E-state index in [9.17, 15) is 0 Å². The van der Waals surface area contributed by atoms with Gasteiger partial charge in [0.15, 0.2) is 0 Å². The second-order valence-corrected chi connectivity index (χ2v) is 19.3. The zero-order valence-electron chi connectivity index (χ0n) is 11.6. The number of rotatable bonds is 0. The van der Waals surface area contributed by atoms with Gasteiger partial charge in [-0.3, -0.25) is 0 Å². The summed E-state index contributed by atoms with van der Waals surface area (Å²) >= 11 is 0. The fraction of sp³-hybridized carbons (Fsp3) is 1.00. The van der Waals surface area contributed by atoms with Gasteiger partial charge in [-0.1, -0.05) is 0 Å². The van der Waals surface area contributed by atoms with Crippen LogP contribution in [0.15, 0.2) is 18.1 Å². The molecule has 0 aromatic carbocycles. The first-order valence-electron chi connectivity index (χ1n) is 5.18. The van der Waals surface area contributed by atoms with Gasteiger partial charge in [-0.05, 0) is 53.3 Å². The highest BCUT2D eigenvalue weighted by Crippen LogP contribution is 2.71. The van der Waals surface area contributed by atoms with Gasteiger partial charge in [0.2, 0.25) is 0 Å². The number of hydrogen-bond acceptors (Lipinski definition) is 4. The summed E-state index contributed by atoms with van der Waals surface area (Å²) in [7, 11) is -6.11. The molecule has 0 aromatic heterocycles. The maximum absolute atomic E-state index is 4.98. The Kier molecular flexibility index (Phi) is 3.97. The highest BCUT2D eigenvalue weighted by molar-refractivity contribution is 7.86. The van der Waals surface area contributed by atoms with Crippen molar-refractivity contribution in [1.82, 2.24) is 0 Å². The lowest BCUT2D eigenvalue weighted by molar-refractivity contribution is 1.62. The Morgan fingerprint density at radius 2 is 0.500 bits per heavy atom. The molecule has 0 saturated carbocycles. The zero-order chi connectivity index (χ0) is 12.8. The molecule has 0 fully saturated rings. The molecule has 1 aliphatic rings. The second-order valence-electron chi connectivity index (χ2n) is 5.70. The summed E-state index contributed by atoms with van der Waals surface area (Å²) in [6.45, 7) is 17.4. The Hall–Kier alpha value is 0.920. The highest BCUT2D eigenvalue weighted by Gasteiger charge is 2.20. The van der Waals surface area contributed by atoms with Crippen LogP contribution in [0.4, 0.5) is 0 Å². The Morgan fingerprint density at radius 1 is 0.375 bits per heavy atom. The van der Waals surface area contributed by atoms with Crippen molar-refractivity contribution < 1.29 is 0 Å². The maximum atomic E-state index is 4.98. The van der Waals surface area contributed by atoms with Crippen LogP contribution in [0.3, 0.4) is 0 Å². The molecular weight excluding hydrogens is 276 g/mol. The third-order valence-electron chi connectivity index (χ3n) is 1.75. The van der Waals surface area contributed by atoms with Crippen LogP contribution < -0.4 is 0 Å². The van der Waals surface area contributed by atoms with E-state index in [0.29, 0.717) is 0 Å². The predicted molar refractivity (Wildman–Crippen MR) is 84.8 cm³/mol. The summed E-state index contributed by atoms with van der Waals surface area (Å²) < 4.78 is 19.9. The van der Waals surface area contributed by atoms with Crippen molar-refractivity contribution in [2.24, 2.45) is 18.1 Å². The molecule has 0 radical (unpaired) electrons. The summed E-state index contributed by atoms with van der Waals surface area (Å²) in [5, 5.41) is 0. The minimum atomic E-state index is -1.53. The standard InChI is InChI=1S/C8H24N4P4/c1-13(2)9-14(3,4)11-16(7,8)12-15(5,6)10-13/h1-8H3. The Morgan fingerprint density at radius 3 is 0.625 bits per heavy atom. The molecule has 4 nitrogen and oxygen atoms in total. The predicted octanol–water partition coefficient (Wildman–Crippen LogP) is 5.50. The summed E-state index contributed by atoms with van der Waals surface area (Å²) in [6.07, 6.45) is 0. The first-order valence-corrected chi connectivity index (χ1v) is 15.5. The van der Waals surface area contributed by atoms with Gasteiger partial charge in [-0.15, -0.1) is 0 Å². The van der Waals surface area contributed by atoms with Crippen LogP contribution >= 0.6 is 28.8 Å². The summed E-state index contributed by atoms with van der Waals surface area (Å²) in [6, 6.07) is 0. The van der Waals surface area contributed by atoms with E-state index in [1.54, 1.807) is 0 Å². The average molecular weight is 300 g/mol. The maximum Gasteiger partial charge on any atom is 0.0750 e. The van der Waals surface area contributed by atoms with Gasteiger partial charge in [-0.2, -0.15) is 0 Å². The third kappa shape index (κ3) is 4.66. The monoisotopic (exact) mass is 300 g/mol. The third-order valence-corrected chi connectivity index (χ3v) is 15.8. The van der Waals surface area contributed by atoms with Gasteiger partial charge < -0.3 is 0 Å². The molecule has 0 atom stereocenters. The second kappa shape index (κ2) is 4.24. The van der Waals surface area contributed by atoms with Crippen molar-refractivity contribution in [3.8, 4) is 0 Å². The van der Waals surface area contributed by atoms with Crippen LogP contribution in [0.2, 0.25) is 0 Å². The first-order chi connectivity index (χ1) is 6.83. The fourth-order valence-corrected chi connectivity index (χ4v) is 21.2. The molecule has 96 valence electrons. The van der Waals surface area contributed by atoms with Crippen molar-refractivity contribution in [3.63, 3.8) is 0 Å². The van der Waals surface area contributed by atoms with Crippen molar-refractivity contribution in [2.45, 2.75) is 0 Å². The molecule has 0 N–H and O–H groups in total. The van der Waals surface area contributed by atoms with E-state index in [0.717, 1.165) is 0 Å². The van der Waals surface area contributed by atoms with Gasteiger partial charge in [0.1, 0.15) is 0 Å². The fourth-order valence-electron chi connectivity index (χ4n) is 2.21. The van der Waals surface area contributed by atoms with Gasteiger partial charge in [0.25, 0.3) is 0 Å². The molecule has 1 rings (SSSR count). The molecule has 0 bridgehead atoms. The van der Waals surface area contributed by atoms with Crippen LogP contribution in [-0.4, -0.2) is 53.3 Å². The highest BCUT2D eigenvalue weighted by atomic mass is 31.3. The minimum Gasteiger partial charge on any atom is -0.242 e. The molecule has 8 heteroatoms. The molecule has 0 amide bonds. The van der Waals surface area contributed by atoms with Gasteiger partial charge >= 0.3 is 0 Å². The smallest absolute Gasteiger partial charge is 0.0750 e. The van der Waals surface area contributed by atoms with Gasteiger partial charge in [-0.25, -0.2) is 18.1 Å². The first kappa shape index (κ1) is 15.0. The van der Waals surface area contributed by atoms with E-state index in [2.05, 4.69) is 53.3 Å². The van der Waals surface area contributed by atoms with Crippen LogP contribution in [0.5, 0.6) is 0 Å². The molecule has 0 aliphatic carbocycles. The van der Waals surface area contributed by atoms with Crippen molar-refractivity contribution in [1.29, 1.82) is 0 Å². The van der Waals surface area contributed by atoms with Gasteiger partial charge in [0.05, 0.1) is 28.8 Å². The molecular formula is C8H24N4P4. The van der Waals surface area contributed by atoms with E-state index in [-0.39, 0.29) is 0 Å². The Bertz CT molecular complexity index is 386. The quantitative estimate of drug-likeness (QED) is 0.530. The summed E-state index contributed by atoms with van der Waals surface area (Å²) in [5.41, 5.74) is 0. The largest absolute Gasteiger partial charge is 0.242 e. The topological polar surface area (TPSA) is 49.4 Å². The van der Waals surface area contributed by atoms with E-state index in [4.69, 9.17) is 18.1 Å². The number of hydrogen-bond donors (Lipinski definition) is 0. The van der Waals surface area contributed by atoms with Crippen LogP contribution in [0.1, 0.15) is 0 Å². The lowest BCUT2D eigenvalue weighted by Gasteiger charge is -2.26. The molecule has 0 saturated heterocycles. The van der Waals surface area contributed by atoms with Crippen molar-refractivity contribution in [2.75, 3.05) is 53.3 Å². The average Bonchev–Trinajstić information content (AvgIpc) is 1.67. The molecule has 0 spiro atoms. The molecule has 1 aliphatic heterocycles. The van der Waals surface area contributed by atoms with E-state index >= 15 is 0 Å². The minimum absolute atomic E-state index is 1.53. The van der Waals surface area contributed by atoms with Gasteiger partial charge in [0, 0.05) is 0 Å². The lowest BCUT2D eigenvalue weighted by atomic mass is 11.9. The Balaban J connectivity index is 3.67. The zero-order valence-corrected chi connectivity index (χ0v) is 15.2. The Labute approximate surface area is 100 Å². The van der Waals surface area contributed by atoms with Crippen LogP contribution in [0, 0.1) is 0 Å².